The van der Waals surface area contributed by atoms with Crippen LogP contribution in [-0.4, -0.2) is 99.4 Å². The number of ether oxygens (including phenoxy) is 7. The first kappa shape index (κ1) is 52.8. The fourth-order valence-corrected chi connectivity index (χ4v) is 9.73. The monoisotopic (exact) mass is 996 g/mol. The average Bonchev–Trinajstić information content (AvgIpc) is 3.97. The number of nitrogens with one attached hydrogen (secondary N) is 2. The van der Waals surface area contributed by atoms with Crippen LogP contribution in [0.5, 0.6) is 17.2 Å². The maximum absolute atomic E-state index is 14.6. The molecule has 0 spiro atoms. The Morgan fingerprint density at radius 3 is 1.96 bits per heavy atom. The molecule has 2 aromatic heterocycles. The summed E-state index contributed by atoms with van der Waals surface area (Å²) in [6.07, 6.45) is 4.90. The number of ketones is 1. The second-order valence-corrected chi connectivity index (χ2v) is 23.2. The van der Waals surface area contributed by atoms with Crippen molar-refractivity contribution in [1.29, 1.82) is 0 Å². The quantitative estimate of drug-likeness (QED) is 0.0193. The molecule has 17 heteroatoms. The minimum absolute atomic E-state index is 0.0791. The molecule has 4 atom stereocenters. The van der Waals surface area contributed by atoms with Gasteiger partial charge in [0.05, 0.1) is 25.7 Å². The molecule has 6 aromatic rings. The van der Waals surface area contributed by atoms with E-state index in [1.807, 2.05) is 54.6 Å². The number of rotatable bonds is 24. The van der Waals surface area contributed by atoms with Gasteiger partial charge in [0.1, 0.15) is 24.1 Å². The van der Waals surface area contributed by atoms with Crippen molar-refractivity contribution in [3.63, 3.8) is 0 Å². The third-order valence-electron chi connectivity index (χ3n) is 12.8. The van der Waals surface area contributed by atoms with Crippen molar-refractivity contribution in [3.05, 3.63) is 169 Å². The molecular formula is C55H64N6O10Si. The fraction of sp³-hybridized carbons (Fsp3) is 0.327. The second-order valence-electron chi connectivity index (χ2n) is 18.5. The summed E-state index contributed by atoms with van der Waals surface area (Å²) >= 11 is 0. The van der Waals surface area contributed by atoms with Crippen molar-refractivity contribution in [2.24, 2.45) is 0 Å². The molecule has 1 aliphatic rings. The Balaban J connectivity index is 1.28. The highest BCUT2D eigenvalue weighted by Gasteiger charge is 2.54. The zero-order valence-electron chi connectivity index (χ0n) is 42.1. The molecule has 1 saturated heterocycles. The van der Waals surface area contributed by atoms with Gasteiger partial charge in [-0.3, -0.25) is 14.2 Å². The van der Waals surface area contributed by atoms with Crippen LogP contribution in [0, 0.1) is 0 Å². The van der Waals surface area contributed by atoms with Gasteiger partial charge in [0, 0.05) is 31.9 Å². The number of amides is 1. The van der Waals surface area contributed by atoms with Crippen LogP contribution in [0.15, 0.2) is 147 Å². The van der Waals surface area contributed by atoms with E-state index in [-0.39, 0.29) is 42.4 Å². The summed E-state index contributed by atoms with van der Waals surface area (Å²) in [7, 11) is 1.82. The van der Waals surface area contributed by atoms with Crippen molar-refractivity contribution < 1.29 is 47.2 Å². The number of imidazole rings is 1. The first-order valence-corrected chi connectivity index (χ1v) is 26.4. The highest BCUT2D eigenvalue weighted by Crippen LogP contribution is 2.46. The Labute approximate surface area is 422 Å². The molecule has 4 aromatic carbocycles. The number of benzene rings is 4. The van der Waals surface area contributed by atoms with Gasteiger partial charge < -0.3 is 48.2 Å². The van der Waals surface area contributed by atoms with Gasteiger partial charge in [0.25, 0.3) is 0 Å². The largest absolute Gasteiger partial charge is 0.492 e. The second kappa shape index (κ2) is 23.5. The van der Waals surface area contributed by atoms with E-state index in [4.69, 9.17) is 52.5 Å². The Morgan fingerprint density at radius 1 is 0.792 bits per heavy atom. The summed E-state index contributed by atoms with van der Waals surface area (Å²) in [5.41, 5.74) is 3.64. The van der Waals surface area contributed by atoms with Crippen LogP contribution in [0.2, 0.25) is 18.1 Å². The van der Waals surface area contributed by atoms with Gasteiger partial charge in [-0.2, -0.15) is 0 Å². The average molecular weight is 997 g/mol. The smallest absolute Gasteiger partial charge is 0.248 e. The standard InChI is InChI=1S/C55H64N6O10Si/c1-11-22-40-46(69-36-65-7)41(32-43(47(40)66-8)68-35-64-6)59-44(63)30-29-42(62)48-49(67-31-12-2)50(71-72(9,10)54(3,4)5)53(70-48)61-34-58-45-51(56-33-57-52(45)61)60-55(37-23-16-13-17-24-37,38-25-18-14-19-26-38)39-27-20-15-21-28-39/h11-21,23-30,32-34,48-50,53H,1-2,22,31,35-36H2,3-10H3,(H,59,63)(H,56,57,60)/b30-29+/t48-,49-,50-,53-/m1/s1. The van der Waals surface area contributed by atoms with Crippen molar-refractivity contribution in [2.45, 2.75) is 75.4 Å². The lowest BCUT2D eigenvalue weighted by molar-refractivity contribution is -0.132. The molecule has 16 nitrogen and oxygen atoms in total. The van der Waals surface area contributed by atoms with Gasteiger partial charge in [-0.05, 0) is 47.3 Å². The Morgan fingerprint density at radius 2 is 1.40 bits per heavy atom. The lowest BCUT2D eigenvalue weighted by Gasteiger charge is -2.40. The van der Waals surface area contributed by atoms with Gasteiger partial charge >= 0.3 is 0 Å². The minimum Gasteiger partial charge on any atom is -0.492 e. The van der Waals surface area contributed by atoms with Crippen LogP contribution in [0.1, 0.15) is 49.3 Å². The van der Waals surface area contributed by atoms with E-state index in [2.05, 4.69) is 94.1 Å². The van der Waals surface area contributed by atoms with E-state index in [1.165, 1.54) is 27.7 Å². The molecule has 2 N–H and O–H groups in total. The van der Waals surface area contributed by atoms with E-state index in [1.54, 1.807) is 29.1 Å². The Kier molecular flexibility index (Phi) is 17.2. The molecule has 0 radical (unpaired) electrons. The first-order valence-electron chi connectivity index (χ1n) is 23.5. The summed E-state index contributed by atoms with van der Waals surface area (Å²) in [5, 5.41) is 6.42. The summed E-state index contributed by atoms with van der Waals surface area (Å²) in [5.74, 6) is 0.154. The van der Waals surface area contributed by atoms with Crippen LogP contribution in [0.3, 0.4) is 0 Å². The van der Waals surface area contributed by atoms with Crippen LogP contribution in [0.25, 0.3) is 11.2 Å². The molecule has 1 amide bonds. The number of carbonyl (C=O) groups excluding carboxylic acids is 2. The normalized spacial score (nSPS) is 17.2. The zero-order valence-corrected chi connectivity index (χ0v) is 43.1. The third-order valence-corrected chi connectivity index (χ3v) is 17.3. The molecule has 72 heavy (non-hydrogen) atoms. The number of methoxy groups -OCH3 is 3. The number of fused-ring (bicyclic) bond motifs is 1. The Bertz CT molecular complexity index is 2740. The molecule has 1 fully saturated rings. The molecule has 0 bridgehead atoms. The van der Waals surface area contributed by atoms with Crippen LogP contribution in [0.4, 0.5) is 11.5 Å². The zero-order chi connectivity index (χ0) is 51.5. The van der Waals surface area contributed by atoms with E-state index >= 15 is 0 Å². The lowest BCUT2D eigenvalue weighted by atomic mass is 9.77. The molecule has 0 aliphatic carbocycles. The number of hydrogen-bond acceptors (Lipinski definition) is 14. The summed E-state index contributed by atoms with van der Waals surface area (Å²) < 4.78 is 50.0. The molecule has 378 valence electrons. The topological polar surface area (TPSA) is 176 Å². The predicted molar refractivity (Wildman–Crippen MR) is 279 cm³/mol. The minimum atomic E-state index is -2.63. The van der Waals surface area contributed by atoms with Crippen LogP contribution < -0.4 is 24.8 Å². The molecular weight excluding hydrogens is 933 g/mol. The number of nitrogens with zero attached hydrogens (tertiary/aromatic N) is 4. The van der Waals surface area contributed by atoms with E-state index < -0.39 is 50.1 Å². The number of carbonyl (C=O) groups is 2. The molecule has 0 saturated carbocycles. The molecule has 1 aliphatic heterocycles. The van der Waals surface area contributed by atoms with Crippen molar-refractivity contribution in [3.8, 4) is 17.2 Å². The number of allylic oxidation sites excluding steroid dienone is 1. The van der Waals surface area contributed by atoms with E-state index in [9.17, 15) is 9.59 Å². The van der Waals surface area contributed by atoms with Gasteiger partial charge in [-0.25, -0.2) is 15.0 Å². The van der Waals surface area contributed by atoms with Crippen molar-refractivity contribution in [1.82, 2.24) is 19.5 Å². The summed E-state index contributed by atoms with van der Waals surface area (Å²) in [6, 6.07) is 32.1. The fourth-order valence-electron chi connectivity index (χ4n) is 8.45. The highest BCUT2D eigenvalue weighted by atomic mass is 28.4. The van der Waals surface area contributed by atoms with Crippen molar-refractivity contribution in [2.75, 3.05) is 52.2 Å². The van der Waals surface area contributed by atoms with Gasteiger partial charge in [-0.1, -0.05) is 124 Å². The highest BCUT2D eigenvalue weighted by molar-refractivity contribution is 6.74. The number of aromatic nitrogens is 4. The van der Waals surface area contributed by atoms with Gasteiger partial charge in [0.15, 0.2) is 74.2 Å². The third kappa shape index (κ3) is 11.2. The number of hydrogen-bond donors (Lipinski definition) is 2. The lowest BCUT2D eigenvalue weighted by Crippen LogP contribution is -2.49. The maximum atomic E-state index is 14.6. The summed E-state index contributed by atoms with van der Waals surface area (Å²) in [4.78, 5) is 42.9. The maximum Gasteiger partial charge on any atom is 0.248 e. The van der Waals surface area contributed by atoms with Crippen LogP contribution in [-0.2, 0) is 44.9 Å². The molecule has 3 heterocycles. The SMILES string of the molecule is C=CCO[C@H]1[C@@H](O[Si](C)(C)C(C)(C)C)[C@H](n2cnc3c(NC(c4ccccc4)(c4ccccc4)c4ccccc4)ncnc32)O[C@@H]1C(=O)/C=C/C(=O)Nc1cc(OCOC)c(OC)c(CC=C)c1OCOC. The number of anilines is 2. The van der Waals surface area contributed by atoms with Gasteiger partial charge in [-0.15, -0.1) is 13.2 Å². The van der Waals surface area contributed by atoms with E-state index in [0.29, 0.717) is 34.7 Å². The van der Waals surface area contributed by atoms with Crippen LogP contribution >= 0.6 is 0 Å². The van der Waals surface area contributed by atoms with Crippen molar-refractivity contribution >= 4 is 42.7 Å². The summed E-state index contributed by atoms with van der Waals surface area (Å²) in [6.45, 7) is 18.2. The van der Waals surface area contributed by atoms with E-state index in [0.717, 1.165) is 28.8 Å². The Hall–Kier alpha value is -6.99. The molecule has 0 unspecified atom stereocenters. The predicted octanol–water partition coefficient (Wildman–Crippen LogP) is 9.56. The van der Waals surface area contributed by atoms with Gasteiger partial charge in [0.2, 0.25) is 5.91 Å². The first-order chi connectivity index (χ1) is 34.7. The molecule has 7 rings (SSSR count).